The molecule has 0 aromatic carbocycles. The van der Waals surface area contributed by atoms with Crippen LogP contribution in [-0.4, -0.2) is 67.8 Å². The second kappa shape index (κ2) is 11.0. The van der Waals surface area contributed by atoms with Gasteiger partial charge in [0.15, 0.2) is 16.7 Å². The van der Waals surface area contributed by atoms with E-state index in [-0.39, 0.29) is 17.9 Å². The Morgan fingerprint density at radius 1 is 1.21 bits per heavy atom. The molecule has 176 valence electrons. The molecule has 8 nitrogen and oxygen atoms in total. The molecule has 33 heavy (non-hydrogen) atoms. The standard InChI is InChI=1S/C23H29N5O3S2/c1-3-27-21(18-8-6-13-31-18)24-25-23(27)33-14-5-4-10-20(29)26-11-12-28(17(2)16-26)22(30)19-9-7-15-32-19/h6-9,13,15,17H,3-5,10-12,14,16H2,1-2H3. The molecule has 3 aromatic heterocycles. The molecule has 0 aliphatic carbocycles. The van der Waals surface area contributed by atoms with Gasteiger partial charge in [0.05, 0.1) is 11.1 Å². The number of piperazine rings is 1. The lowest BCUT2D eigenvalue weighted by Gasteiger charge is -2.39. The quantitative estimate of drug-likeness (QED) is 0.331. The highest BCUT2D eigenvalue weighted by atomic mass is 32.2. The maximum absolute atomic E-state index is 12.7. The van der Waals surface area contributed by atoms with Crippen molar-refractivity contribution >= 4 is 34.9 Å². The Labute approximate surface area is 202 Å². The lowest BCUT2D eigenvalue weighted by Crippen LogP contribution is -2.55. The van der Waals surface area contributed by atoms with Gasteiger partial charge >= 0.3 is 0 Å². The van der Waals surface area contributed by atoms with Crippen LogP contribution in [0.2, 0.25) is 0 Å². The van der Waals surface area contributed by atoms with Gasteiger partial charge in [-0.05, 0) is 50.3 Å². The highest BCUT2D eigenvalue weighted by molar-refractivity contribution is 7.99. The van der Waals surface area contributed by atoms with Crippen LogP contribution in [0.4, 0.5) is 0 Å². The summed E-state index contributed by atoms with van der Waals surface area (Å²) in [7, 11) is 0. The number of aromatic nitrogens is 3. The molecule has 1 aliphatic rings. The summed E-state index contributed by atoms with van der Waals surface area (Å²) in [4.78, 5) is 29.9. The summed E-state index contributed by atoms with van der Waals surface area (Å²) < 4.78 is 7.50. The van der Waals surface area contributed by atoms with E-state index in [1.807, 2.05) is 50.9 Å². The van der Waals surface area contributed by atoms with Crippen molar-refractivity contribution in [2.75, 3.05) is 25.4 Å². The van der Waals surface area contributed by atoms with Crippen molar-refractivity contribution in [2.45, 2.75) is 50.9 Å². The molecule has 0 spiro atoms. The molecular formula is C23H29N5O3S2. The van der Waals surface area contributed by atoms with E-state index >= 15 is 0 Å². The molecule has 1 fully saturated rings. The summed E-state index contributed by atoms with van der Waals surface area (Å²) in [6, 6.07) is 7.50. The summed E-state index contributed by atoms with van der Waals surface area (Å²) in [6.45, 7) is 6.63. The zero-order valence-electron chi connectivity index (χ0n) is 19.0. The minimum absolute atomic E-state index is 0.0246. The van der Waals surface area contributed by atoms with Crippen LogP contribution in [0.1, 0.15) is 42.8 Å². The smallest absolute Gasteiger partial charge is 0.264 e. The van der Waals surface area contributed by atoms with Gasteiger partial charge in [0.2, 0.25) is 5.91 Å². The van der Waals surface area contributed by atoms with Crippen molar-refractivity contribution in [1.29, 1.82) is 0 Å². The molecule has 1 atom stereocenters. The van der Waals surface area contributed by atoms with Gasteiger partial charge in [-0.1, -0.05) is 17.8 Å². The van der Waals surface area contributed by atoms with E-state index in [2.05, 4.69) is 17.1 Å². The fourth-order valence-corrected chi connectivity index (χ4v) is 5.68. The highest BCUT2D eigenvalue weighted by Gasteiger charge is 2.30. The van der Waals surface area contributed by atoms with E-state index in [0.717, 1.165) is 41.0 Å². The summed E-state index contributed by atoms with van der Waals surface area (Å²) in [6.07, 6.45) is 3.93. The van der Waals surface area contributed by atoms with E-state index in [0.29, 0.717) is 31.8 Å². The molecule has 0 N–H and O–H groups in total. The third-order valence-electron chi connectivity index (χ3n) is 5.76. The van der Waals surface area contributed by atoms with Crippen LogP contribution in [0.25, 0.3) is 11.6 Å². The van der Waals surface area contributed by atoms with Gasteiger partial charge in [-0.2, -0.15) is 0 Å². The Balaban J connectivity index is 1.19. The van der Waals surface area contributed by atoms with Crippen molar-refractivity contribution in [3.8, 4) is 11.6 Å². The van der Waals surface area contributed by atoms with Crippen molar-refractivity contribution in [3.05, 3.63) is 40.8 Å². The number of hydrogen-bond donors (Lipinski definition) is 0. The number of thiophene rings is 1. The first kappa shape index (κ1) is 23.6. The van der Waals surface area contributed by atoms with E-state index in [1.165, 1.54) is 11.3 Å². The van der Waals surface area contributed by atoms with E-state index in [4.69, 9.17) is 4.42 Å². The van der Waals surface area contributed by atoms with Crippen molar-refractivity contribution in [3.63, 3.8) is 0 Å². The summed E-state index contributed by atoms with van der Waals surface area (Å²) in [5.41, 5.74) is 0. The van der Waals surface area contributed by atoms with Crippen molar-refractivity contribution in [1.82, 2.24) is 24.6 Å². The SMILES string of the molecule is CCn1c(SCCCCC(=O)N2CCN(C(=O)c3cccs3)C(C)C2)nnc1-c1ccco1. The summed E-state index contributed by atoms with van der Waals surface area (Å²) >= 11 is 3.12. The first-order valence-corrected chi connectivity index (χ1v) is 13.2. The maximum Gasteiger partial charge on any atom is 0.264 e. The van der Waals surface area contributed by atoms with Gasteiger partial charge in [0.1, 0.15) is 0 Å². The Kier molecular flexibility index (Phi) is 7.87. The molecule has 4 rings (SSSR count). The highest BCUT2D eigenvalue weighted by Crippen LogP contribution is 2.25. The first-order chi connectivity index (χ1) is 16.1. The summed E-state index contributed by atoms with van der Waals surface area (Å²) in [5, 5.41) is 11.4. The molecule has 1 aliphatic heterocycles. The molecule has 10 heteroatoms. The topological polar surface area (TPSA) is 84.5 Å². The fraction of sp³-hybridized carbons (Fsp3) is 0.478. The van der Waals surface area contributed by atoms with Gasteiger partial charge in [-0.25, -0.2) is 0 Å². The van der Waals surface area contributed by atoms with Crippen LogP contribution in [0.3, 0.4) is 0 Å². The molecule has 1 unspecified atom stereocenters. The van der Waals surface area contributed by atoms with E-state index in [9.17, 15) is 9.59 Å². The number of carbonyl (C=O) groups is 2. The number of unbranched alkanes of at least 4 members (excludes halogenated alkanes) is 1. The number of nitrogens with zero attached hydrogens (tertiary/aromatic N) is 5. The van der Waals surface area contributed by atoms with Crippen LogP contribution < -0.4 is 0 Å². The number of furan rings is 1. The van der Waals surface area contributed by atoms with Gasteiger partial charge in [0.25, 0.3) is 5.91 Å². The minimum Gasteiger partial charge on any atom is -0.461 e. The monoisotopic (exact) mass is 487 g/mol. The van der Waals surface area contributed by atoms with Crippen LogP contribution in [0.15, 0.2) is 45.5 Å². The average Bonchev–Trinajstić information content (AvgIpc) is 3.59. The predicted octanol–water partition coefficient (Wildman–Crippen LogP) is 4.26. The Morgan fingerprint density at radius 3 is 2.79 bits per heavy atom. The van der Waals surface area contributed by atoms with Crippen LogP contribution in [0.5, 0.6) is 0 Å². The first-order valence-electron chi connectivity index (χ1n) is 11.3. The zero-order valence-corrected chi connectivity index (χ0v) is 20.6. The van der Waals surface area contributed by atoms with Crippen molar-refractivity contribution in [2.24, 2.45) is 0 Å². The lowest BCUT2D eigenvalue weighted by atomic mass is 10.1. The molecule has 0 saturated carbocycles. The molecule has 2 amide bonds. The van der Waals surface area contributed by atoms with E-state index < -0.39 is 0 Å². The third kappa shape index (κ3) is 5.50. The van der Waals surface area contributed by atoms with Gasteiger partial charge in [0, 0.05) is 44.4 Å². The number of rotatable bonds is 9. The van der Waals surface area contributed by atoms with Crippen LogP contribution >= 0.6 is 23.1 Å². The fourth-order valence-electron chi connectivity index (χ4n) is 4.00. The normalized spacial score (nSPS) is 16.4. The van der Waals surface area contributed by atoms with E-state index in [1.54, 1.807) is 18.0 Å². The minimum atomic E-state index is 0.0246. The number of amides is 2. The molecular weight excluding hydrogens is 458 g/mol. The Morgan fingerprint density at radius 2 is 2.09 bits per heavy atom. The number of thioether (sulfide) groups is 1. The second-order valence-corrected chi connectivity index (χ2v) is 10.0. The van der Waals surface area contributed by atoms with Gasteiger partial charge < -0.3 is 14.2 Å². The largest absolute Gasteiger partial charge is 0.461 e. The zero-order chi connectivity index (χ0) is 23.2. The molecule has 0 radical (unpaired) electrons. The molecule has 1 saturated heterocycles. The number of carbonyl (C=O) groups excluding carboxylic acids is 2. The maximum atomic E-state index is 12.7. The molecule has 4 heterocycles. The molecule has 0 bridgehead atoms. The Hall–Kier alpha value is -2.59. The van der Waals surface area contributed by atoms with Crippen molar-refractivity contribution < 1.29 is 14.0 Å². The van der Waals surface area contributed by atoms with Crippen LogP contribution in [0, 0.1) is 0 Å². The van der Waals surface area contributed by atoms with Gasteiger partial charge in [-0.15, -0.1) is 21.5 Å². The summed E-state index contributed by atoms with van der Waals surface area (Å²) in [5.74, 6) is 2.58. The Bertz CT molecular complexity index is 1050. The second-order valence-electron chi connectivity index (χ2n) is 8.00. The third-order valence-corrected chi connectivity index (χ3v) is 7.67. The predicted molar refractivity (Wildman–Crippen MR) is 129 cm³/mol. The lowest BCUT2D eigenvalue weighted by molar-refractivity contribution is -0.133. The average molecular weight is 488 g/mol. The number of hydrogen-bond acceptors (Lipinski definition) is 7. The van der Waals surface area contributed by atoms with Gasteiger partial charge in [-0.3, -0.25) is 14.2 Å². The van der Waals surface area contributed by atoms with Crippen LogP contribution in [-0.2, 0) is 11.3 Å². The molecule has 3 aromatic rings.